The number of pyridine rings is 1. The molecular weight excluding hydrogens is 280 g/mol. The molecule has 0 amide bonds. The molecule has 1 spiro atoms. The van der Waals surface area contributed by atoms with Crippen molar-refractivity contribution >= 4 is 27.4 Å². The molecule has 0 aromatic carbocycles. The highest BCUT2D eigenvalue weighted by atomic mass is 32.1. The Balaban J connectivity index is 1.54. The van der Waals surface area contributed by atoms with Crippen LogP contribution in [-0.4, -0.2) is 16.5 Å². The SMILES string of the molecule is c1cnc2sc(C3=N[C@@]4(CC5CCC4CC5)NN3)cc2c1. The lowest BCUT2D eigenvalue weighted by Gasteiger charge is -2.47. The molecule has 108 valence electrons. The number of fused-ring (bicyclic) bond motifs is 3. The van der Waals surface area contributed by atoms with Gasteiger partial charge in [0.05, 0.1) is 4.88 Å². The molecule has 2 bridgehead atoms. The summed E-state index contributed by atoms with van der Waals surface area (Å²) in [6.45, 7) is 0. The van der Waals surface area contributed by atoms with Gasteiger partial charge >= 0.3 is 0 Å². The third-order valence-corrected chi connectivity index (χ3v) is 6.42. The van der Waals surface area contributed by atoms with Crippen molar-refractivity contribution in [3.8, 4) is 0 Å². The zero-order valence-electron chi connectivity index (χ0n) is 11.8. The Morgan fingerprint density at radius 1 is 1.24 bits per heavy atom. The van der Waals surface area contributed by atoms with E-state index in [1.165, 1.54) is 42.4 Å². The first kappa shape index (κ1) is 12.1. The second-order valence-electron chi connectivity index (χ2n) is 6.56. The maximum atomic E-state index is 5.10. The maximum Gasteiger partial charge on any atom is 0.155 e. The van der Waals surface area contributed by atoms with Crippen molar-refractivity contribution in [2.24, 2.45) is 16.8 Å². The minimum atomic E-state index is -0.0416. The molecule has 2 aromatic heterocycles. The molecule has 3 aliphatic carbocycles. The van der Waals surface area contributed by atoms with Crippen LogP contribution in [0.1, 0.15) is 37.0 Å². The summed E-state index contributed by atoms with van der Waals surface area (Å²) < 4.78 is 0. The molecule has 1 aliphatic heterocycles. The lowest BCUT2D eigenvalue weighted by Crippen LogP contribution is -2.56. The van der Waals surface area contributed by atoms with E-state index in [-0.39, 0.29) is 5.66 Å². The van der Waals surface area contributed by atoms with E-state index in [1.807, 2.05) is 12.3 Å². The fourth-order valence-corrected chi connectivity index (χ4v) is 5.22. The van der Waals surface area contributed by atoms with Gasteiger partial charge in [-0.15, -0.1) is 11.3 Å². The highest BCUT2D eigenvalue weighted by Crippen LogP contribution is 2.49. The molecule has 2 aromatic rings. The average Bonchev–Trinajstić information content (AvgIpc) is 3.13. The number of hydrogen-bond donors (Lipinski definition) is 2. The van der Waals surface area contributed by atoms with E-state index < -0.39 is 0 Å². The molecule has 0 unspecified atom stereocenters. The number of aliphatic imine (C=N–C) groups is 1. The van der Waals surface area contributed by atoms with Crippen molar-refractivity contribution in [1.29, 1.82) is 0 Å². The van der Waals surface area contributed by atoms with Crippen LogP contribution in [0.5, 0.6) is 0 Å². The number of rotatable bonds is 1. The smallest absolute Gasteiger partial charge is 0.155 e. The monoisotopic (exact) mass is 298 g/mol. The van der Waals surface area contributed by atoms with E-state index >= 15 is 0 Å². The van der Waals surface area contributed by atoms with Crippen molar-refractivity contribution in [1.82, 2.24) is 15.8 Å². The molecule has 4 aliphatic rings. The lowest BCUT2D eigenvalue weighted by molar-refractivity contribution is 0.0506. The van der Waals surface area contributed by atoms with E-state index in [2.05, 4.69) is 28.0 Å². The minimum Gasteiger partial charge on any atom is -0.303 e. The van der Waals surface area contributed by atoms with Crippen molar-refractivity contribution in [3.05, 3.63) is 29.3 Å². The molecule has 3 heterocycles. The summed E-state index contributed by atoms with van der Waals surface area (Å²) in [5.41, 5.74) is 6.85. The molecule has 4 nitrogen and oxygen atoms in total. The van der Waals surface area contributed by atoms with Crippen LogP contribution in [-0.2, 0) is 0 Å². The van der Waals surface area contributed by atoms with Gasteiger partial charge in [-0.05, 0) is 56.1 Å². The minimum absolute atomic E-state index is 0.0416. The summed E-state index contributed by atoms with van der Waals surface area (Å²) in [7, 11) is 0. The number of hydrogen-bond acceptors (Lipinski definition) is 5. The Kier molecular flexibility index (Phi) is 2.47. The molecule has 0 saturated heterocycles. The largest absolute Gasteiger partial charge is 0.303 e. The van der Waals surface area contributed by atoms with Crippen LogP contribution in [0, 0.1) is 11.8 Å². The number of aromatic nitrogens is 1. The first-order valence-corrected chi connectivity index (χ1v) is 8.62. The van der Waals surface area contributed by atoms with Gasteiger partial charge in [0.1, 0.15) is 10.5 Å². The predicted octanol–water partition coefficient (Wildman–Crippen LogP) is 3.06. The number of hydrazine groups is 1. The van der Waals surface area contributed by atoms with Gasteiger partial charge in [0.15, 0.2) is 5.84 Å². The third kappa shape index (κ3) is 1.77. The van der Waals surface area contributed by atoms with Gasteiger partial charge in [-0.1, -0.05) is 6.07 Å². The van der Waals surface area contributed by atoms with Crippen molar-refractivity contribution in [3.63, 3.8) is 0 Å². The fourth-order valence-electron chi connectivity index (χ4n) is 4.27. The summed E-state index contributed by atoms with van der Waals surface area (Å²) in [5, 5.41) is 1.20. The Labute approximate surface area is 127 Å². The van der Waals surface area contributed by atoms with Gasteiger partial charge in [0, 0.05) is 11.6 Å². The van der Waals surface area contributed by atoms with Crippen LogP contribution in [0.2, 0.25) is 0 Å². The number of nitrogens with one attached hydrogen (secondary N) is 2. The van der Waals surface area contributed by atoms with Gasteiger partial charge < -0.3 is 5.43 Å². The molecule has 3 saturated carbocycles. The molecule has 3 fully saturated rings. The van der Waals surface area contributed by atoms with E-state index in [9.17, 15) is 0 Å². The number of nitrogens with zero attached hydrogens (tertiary/aromatic N) is 2. The highest BCUT2D eigenvalue weighted by molar-refractivity contribution is 7.20. The van der Waals surface area contributed by atoms with Gasteiger partial charge in [0.2, 0.25) is 0 Å². The van der Waals surface area contributed by atoms with Gasteiger partial charge in [0.25, 0.3) is 0 Å². The van der Waals surface area contributed by atoms with E-state index in [1.54, 1.807) is 11.3 Å². The molecule has 5 heteroatoms. The predicted molar refractivity (Wildman–Crippen MR) is 85.2 cm³/mol. The van der Waals surface area contributed by atoms with E-state index in [4.69, 9.17) is 4.99 Å². The Bertz CT molecular complexity index is 696. The normalized spacial score (nSPS) is 34.4. The zero-order chi connectivity index (χ0) is 13.9. The summed E-state index contributed by atoms with van der Waals surface area (Å²) in [5.74, 6) is 2.56. The van der Waals surface area contributed by atoms with Crippen LogP contribution < -0.4 is 10.9 Å². The van der Waals surface area contributed by atoms with Crippen LogP contribution in [0.3, 0.4) is 0 Å². The van der Waals surface area contributed by atoms with Crippen molar-refractivity contribution in [2.75, 3.05) is 0 Å². The Morgan fingerprint density at radius 2 is 2.14 bits per heavy atom. The second-order valence-corrected chi connectivity index (χ2v) is 7.60. The quantitative estimate of drug-likeness (QED) is 0.850. The van der Waals surface area contributed by atoms with Gasteiger partial charge in [-0.25, -0.2) is 15.4 Å². The molecule has 21 heavy (non-hydrogen) atoms. The summed E-state index contributed by atoms with van der Waals surface area (Å²) in [6.07, 6.45) is 8.48. The average molecular weight is 298 g/mol. The molecule has 0 radical (unpaired) electrons. The third-order valence-electron chi connectivity index (χ3n) is 5.36. The van der Waals surface area contributed by atoms with E-state index in [0.29, 0.717) is 5.92 Å². The van der Waals surface area contributed by atoms with Crippen LogP contribution in [0.4, 0.5) is 0 Å². The molecular formula is C16H18N4S. The number of amidine groups is 1. The van der Waals surface area contributed by atoms with E-state index in [0.717, 1.165) is 16.6 Å². The molecule has 1 atom stereocenters. The Morgan fingerprint density at radius 3 is 2.90 bits per heavy atom. The van der Waals surface area contributed by atoms with Crippen molar-refractivity contribution < 1.29 is 0 Å². The highest BCUT2D eigenvalue weighted by Gasteiger charge is 2.50. The molecule has 2 N–H and O–H groups in total. The summed E-state index contributed by atoms with van der Waals surface area (Å²) >= 11 is 1.72. The van der Waals surface area contributed by atoms with Gasteiger partial charge in [-0.2, -0.15) is 0 Å². The maximum absolute atomic E-state index is 5.10. The second kappa shape index (κ2) is 4.27. The Hall–Kier alpha value is -1.46. The van der Waals surface area contributed by atoms with Crippen LogP contribution in [0.15, 0.2) is 29.4 Å². The lowest BCUT2D eigenvalue weighted by atomic mass is 9.65. The van der Waals surface area contributed by atoms with Gasteiger partial charge in [-0.3, -0.25) is 0 Å². The zero-order valence-corrected chi connectivity index (χ0v) is 12.6. The fraction of sp³-hybridized carbons (Fsp3) is 0.500. The summed E-state index contributed by atoms with van der Waals surface area (Å²) in [6, 6.07) is 6.30. The topological polar surface area (TPSA) is 49.3 Å². The standard InChI is InChI=1S/C16H18N4S/c1-2-11-8-13(21-15(11)17-7-1)14-18-16(20-19-14)9-10-3-5-12(16)6-4-10/h1-2,7-8,10,12,20H,3-6,9H2,(H,18,19)/t10?,12?,16-/m0/s1. The molecule has 6 rings (SSSR count). The van der Waals surface area contributed by atoms with Crippen LogP contribution >= 0.6 is 11.3 Å². The first-order valence-electron chi connectivity index (χ1n) is 7.80. The van der Waals surface area contributed by atoms with Crippen LogP contribution in [0.25, 0.3) is 10.2 Å². The van der Waals surface area contributed by atoms with Crippen molar-refractivity contribution in [2.45, 2.75) is 37.8 Å². The number of thiophene rings is 1. The first-order chi connectivity index (χ1) is 10.3. The summed E-state index contributed by atoms with van der Waals surface area (Å²) in [4.78, 5) is 11.8.